The van der Waals surface area contributed by atoms with Crippen molar-refractivity contribution in [1.29, 1.82) is 0 Å². The number of benzene rings is 2. The molecule has 4 aromatic rings. The van der Waals surface area contributed by atoms with Crippen molar-refractivity contribution in [2.45, 2.75) is 13.8 Å². The largest absolute Gasteiger partial charge is 4.00 e. The van der Waals surface area contributed by atoms with Crippen LogP contribution in [-0.4, -0.2) is 52.6 Å². The number of ether oxygens (including phenoxy) is 2. The van der Waals surface area contributed by atoms with Crippen LogP contribution in [0.4, 0.5) is 46.5 Å². The van der Waals surface area contributed by atoms with Gasteiger partial charge in [-0.15, -0.1) is 12.1 Å². The third-order valence-corrected chi connectivity index (χ3v) is 6.35. The minimum Gasteiger partial charge on any atom is -0.383 e. The van der Waals surface area contributed by atoms with Gasteiger partial charge in [0, 0.05) is 37.6 Å². The van der Waals surface area contributed by atoms with Crippen molar-refractivity contribution in [3.05, 3.63) is 118 Å². The fraction of sp³-hybridized carbons (Fsp3) is 0.312. The summed E-state index contributed by atoms with van der Waals surface area (Å²) in [5.74, 6) is -11.7. The summed E-state index contributed by atoms with van der Waals surface area (Å²) < 4.78 is 115. The summed E-state index contributed by atoms with van der Waals surface area (Å²) in [7, 11) is 0. The Hall–Kier alpha value is -3.19. The van der Waals surface area contributed by atoms with Gasteiger partial charge in [-0.2, -0.15) is 35.4 Å². The van der Waals surface area contributed by atoms with E-state index in [4.69, 9.17) is 9.47 Å². The maximum absolute atomic E-state index is 13.3. The minimum atomic E-state index is -1.51. The van der Waals surface area contributed by atoms with Gasteiger partial charge in [-0.3, -0.25) is 17.6 Å². The van der Waals surface area contributed by atoms with Crippen LogP contribution in [0.5, 0.6) is 0 Å². The van der Waals surface area contributed by atoms with Crippen molar-refractivity contribution in [2.75, 3.05) is 62.4 Å². The molecule has 2 fully saturated rings. The fourth-order valence-corrected chi connectivity index (χ4v) is 4.09. The first-order chi connectivity index (χ1) is 21.0. The van der Waals surface area contributed by atoms with Crippen molar-refractivity contribution < 1.29 is 66.3 Å². The smallest absolute Gasteiger partial charge is 0.383 e. The van der Waals surface area contributed by atoms with Crippen LogP contribution in [-0.2, 0) is 31.2 Å². The molecule has 6 rings (SSSR count). The zero-order valence-corrected chi connectivity index (χ0v) is 26.1. The normalized spacial score (nSPS) is 14.2. The molecule has 0 atom stereocenters. The summed E-state index contributed by atoms with van der Waals surface area (Å²) in [4.78, 5) is 2.43. The van der Waals surface area contributed by atoms with E-state index in [0.717, 1.165) is 0 Å². The van der Waals surface area contributed by atoms with Crippen LogP contribution in [0.2, 0.25) is 0 Å². The van der Waals surface area contributed by atoms with Gasteiger partial charge in [-0.25, -0.2) is 41.8 Å². The molecule has 0 spiro atoms. The van der Waals surface area contributed by atoms with Gasteiger partial charge in [0.15, 0.2) is 0 Å². The Bertz CT molecular complexity index is 1280. The Morgan fingerprint density at radius 2 is 0.756 bits per heavy atom. The van der Waals surface area contributed by atoms with Crippen LogP contribution >= 0.6 is 0 Å². The molecule has 2 aliphatic heterocycles. The van der Waals surface area contributed by atoms with Gasteiger partial charge in [0.05, 0.1) is 73.0 Å². The summed E-state index contributed by atoms with van der Waals surface area (Å²) in [5.41, 5.74) is 1.32. The Morgan fingerprint density at radius 1 is 0.511 bits per heavy atom. The van der Waals surface area contributed by atoms with E-state index >= 15 is 0 Å². The molecule has 0 aromatic heterocycles. The van der Waals surface area contributed by atoms with Gasteiger partial charge in [0.2, 0.25) is 0 Å². The van der Waals surface area contributed by atoms with Crippen LogP contribution in [0.25, 0.3) is 0 Å². The van der Waals surface area contributed by atoms with Crippen molar-refractivity contribution in [3.63, 3.8) is 0 Å². The van der Waals surface area contributed by atoms with Crippen molar-refractivity contribution in [1.82, 2.24) is 0 Å². The molecule has 0 bridgehead atoms. The summed E-state index contributed by atoms with van der Waals surface area (Å²) in [5, 5.41) is 0. The molecule has 45 heavy (non-hydrogen) atoms. The van der Waals surface area contributed by atoms with Gasteiger partial charge in [-0.1, -0.05) is 13.8 Å². The number of nitrogens with zero attached hydrogens (tertiary/aromatic N) is 2. The second-order valence-corrected chi connectivity index (χ2v) is 9.58. The average molecular weight is 674 g/mol. The Labute approximate surface area is 271 Å². The van der Waals surface area contributed by atoms with Gasteiger partial charge < -0.3 is 19.3 Å². The molecule has 0 N–H and O–H groups in total. The molecule has 0 saturated carbocycles. The summed E-state index contributed by atoms with van der Waals surface area (Å²) in [6.45, 7) is 5.99. The second-order valence-electron chi connectivity index (χ2n) is 9.58. The summed E-state index contributed by atoms with van der Waals surface area (Å²) in [6, 6.07) is 19.2. The number of halogens is 8. The van der Waals surface area contributed by atoms with E-state index in [1.807, 2.05) is 24.3 Å². The molecule has 0 amide bonds. The predicted octanol–water partition coefficient (Wildman–Crippen LogP) is 7.18. The quantitative estimate of drug-likeness (QED) is 0.0974. The van der Waals surface area contributed by atoms with Gasteiger partial charge in [-0.05, 0) is 0 Å². The van der Waals surface area contributed by atoms with E-state index in [0.29, 0.717) is 0 Å². The topological polar surface area (TPSA) is 24.9 Å². The summed E-state index contributed by atoms with van der Waals surface area (Å²) in [6.07, 6.45) is 0. The Balaban J connectivity index is 0.000000227. The molecule has 2 heterocycles. The van der Waals surface area contributed by atoms with Crippen LogP contribution < -0.4 is 9.80 Å². The van der Waals surface area contributed by atoms with Gasteiger partial charge >= 0.3 is 21.7 Å². The standard InChI is InChI=1S/2C10H8F4NO.2C6H7.Ti/c2*11-6-5-7(12)9(14)10(8(6)13)15-1-3-16-4-2-15;2*1-6-4-2-3-5-6;/h2*1-4H2;2*2-5H,1H3;/q4*-1;+4. The van der Waals surface area contributed by atoms with E-state index in [1.54, 1.807) is 0 Å². The zero-order valence-electron chi connectivity index (χ0n) is 24.5. The number of rotatable bonds is 2. The van der Waals surface area contributed by atoms with E-state index in [9.17, 15) is 35.1 Å². The van der Waals surface area contributed by atoms with Crippen LogP contribution in [0.1, 0.15) is 11.1 Å². The molecular weight excluding hydrogens is 644 g/mol. The van der Waals surface area contributed by atoms with E-state index in [2.05, 4.69) is 38.1 Å². The third-order valence-electron chi connectivity index (χ3n) is 6.35. The number of aryl methyl sites for hydroxylation is 2. The number of anilines is 2. The van der Waals surface area contributed by atoms with Gasteiger partial charge in [0.1, 0.15) is 0 Å². The molecular formula is C32H30F8N2O2Ti. The van der Waals surface area contributed by atoms with E-state index in [-0.39, 0.29) is 74.3 Å². The Kier molecular flexibility index (Phi) is 15.8. The maximum Gasteiger partial charge on any atom is 4.00 e. The van der Waals surface area contributed by atoms with E-state index in [1.165, 1.54) is 33.1 Å². The molecule has 13 heteroatoms. The molecule has 2 aliphatic rings. The monoisotopic (exact) mass is 674 g/mol. The van der Waals surface area contributed by atoms with Crippen LogP contribution in [0.15, 0.2) is 48.5 Å². The molecule has 0 unspecified atom stereocenters. The molecule has 240 valence electrons. The molecule has 4 nitrogen and oxygen atoms in total. The molecule has 0 radical (unpaired) electrons. The average Bonchev–Trinajstić information content (AvgIpc) is 3.71. The van der Waals surface area contributed by atoms with Crippen molar-refractivity contribution in [2.24, 2.45) is 0 Å². The first-order valence-corrected chi connectivity index (χ1v) is 13.5. The number of hydrogen-bond donors (Lipinski definition) is 0. The SMILES string of the molecule is C[c-]1cccc1.C[c-]1cccc1.Fc1[c-]c(F)c(F)c(N2CCOCC2)c1F.Fc1[c-]c(F)c(F)c(N2CCOCC2)c1F.[Ti+4]. The van der Waals surface area contributed by atoms with Crippen molar-refractivity contribution >= 4 is 11.4 Å². The number of hydrogen-bond acceptors (Lipinski definition) is 4. The molecule has 2 saturated heterocycles. The zero-order chi connectivity index (χ0) is 32.2. The maximum atomic E-state index is 13.3. The molecule has 4 aromatic carbocycles. The predicted molar refractivity (Wildman–Crippen MR) is 150 cm³/mol. The second kappa shape index (κ2) is 18.7. The van der Waals surface area contributed by atoms with Gasteiger partial charge in [0.25, 0.3) is 0 Å². The third kappa shape index (κ3) is 11.0. The first kappa shape index (κ1) is 38.0. The fourth-order valence-electron chi connectivity index (χ4n) is 4.09. The van der Waals surface area contributed by atoms with Crippen LogP contribution in [0, 0.1) is 72.5 Å². The Morgan fingerprint density at radius 3 is 0.956 bits per heavy atom. The van der Waals surface area contributed by atoms with Crippen molar-refractivity contribution in [3.8, 4) is 0 Å². The van der Waals surface area contributed by atoms with Crippen LogP contribution in [0.3, 0.4) is 0 Å². The minimum absolute atomic E-state index is 0. The number of morpholine rings is 2. The molecule has 0 aliphatic carbocycles. The van der Waals surface area contributed by atoms with E-state index < -0.39 is 57.9 Å². The first-order valence-electron chi connectivity index (χ1n) is 13.5. The summed E-state index contributed by atoms with van der Waals surface area (Å²) >= 11 is 0.